The SMILES string of the molecule is CCc1cc2ncc(C(C3CCCC4CCN43)C3CCC(c4ccc(-c5n[nH]c(C)n5)nc4)C4CCN43)cc2[nH]c1=O. The van der Waals surface area contributed by atoms with Crippen molar-refractivity contribution >= 4 is 11.0 Å². The summed E-state index contributed by atoms with van der Waals surface area (Å²) in [5.74, 6) is 2.34. The summed E-state index contributed by atoms with van der Waals surface area (Å²) in [6.07, 6.45) is 13.7. The number of nitrogens with zero attached hydrogens (tertiary/aromatic N) is 6. The van der Waals surface area contributed by atoms with Crippen LogP contribution < -0.4 is 5.56 Å². The minimum Gasteiger partial charge on any atom is -0.320 e. The molecular formula is C33H40N8O. The molecule has 0 aromatic carbocycles. The Morgan fingerprint density at radius 1 is 0.976 bits per heavy atom. The highest BCUT2D eigenvalue weighted by Gasteiger charge is 2.50. The van der Waals surface area contributed by atoms with E-state index < -0.39 is 0 Å². The smallest absolute Gasteiger partial charge is 0.251 e. The Hall–Kier alpha value is -3.43. The van der Waals surface area contributed by atoms with Gasteiger partial charge in [-0.05, 0) is 81.2 Å². The van der Waals surface area contributed by atoms with E-state index in [-0.39, 0.29) is 5.56 Å². The van der Waals surface area contributed by atoms with Gasteiger partial charge in [-0.2, -0.15) is 5.10 Å². The molecule has 6 atom stereocenters. The summed E-state index contributed by atoms with van der Waals surface area (Å²) in [5, 5.41) is 7.20. The quantitative estimate of drug-likeness (QED) is 0.350. The summed E-state index contributed by atoms with van der Waals surface area (Å²) in [4.78, 5) is 35.6. The van der Waals surface area contributed by atoms with Crippen LogP contribution in [0, 0.1) is 6.92 Å². The first-order chi connectivity index (χ1) is 20.6. The summed E-state index contributed by atoms with van der Waals surface area (Å²) in [7, 11) is 0. The Bertz CT molecular complexity index is 1660. The molecule has 0 spiro atoms. The van der Waals surface area contributed by atoms with Gasteiger partial charge in [0.25, 0.3) is 5.56 Å². The molecule has 8 heterocycles. The Morgan fingerprint density at radius 3 is 2.57 bits per heavy atom. The van der Waals surface area contributed by atoms with Crippen molar-refractivity contribution in [2.45, 2.75) is 101 Å². The lowest BCUT2D eigenvalue weighted by atomic mass is 9.68. The van der Waals surface area contributed by atoms with E-state index >= 15 is 0 Å². The third kappa shape index (κ3) is 4.31. The minimum atomic E-state index is 0.0159. The highest BCUT2D eigenvalue weighted by molar-refractivity contribution is 5.75. The van der Waals surface area contributed by atoms with Crippen LogP contribution in [0.4, 0.5) is 0 Å². The molecule has 2 N–H and O–H groups in total. The monoisotopic (exact) mass is 564 g/mol. The highest BCUT2D eigenvalue weighted by atomic mass is 16.1. The molecule has 42 heavy (non-hydrogen) atoms. The predicted octanol–water partition coefficient (Wildman–Crippen LogP) is 4.70. The number of pyridine rings is 3. The van der Waals surface area contributed by atoms with Crippen LogP contribution in [-0.2, 0) is 6.42 Å². The lowest BCUT2D eigenvalue weighted by Gasteiger charge is -2.59. The van der Waals surface area contributed by atoms with E-state index in [4.69, 9.17) is 9.97 Å². The van der Waals surface area contributed by atoms with Gasteiger partial charge in [-0.1, -0.05) is 19.4 Å². The number of nitrogens with one attached hydrogen (secondary N) is 2. The topological polar surface area (TPSA) is 107 Å². The van der Waals surface area contributed by atoms with Crippen molar-refractivity contribution in [3.05, 3.63) is 69.5 Å². The second-order valence-corrected chi connectivity index (χ2v) is 12.9. The van der Waals surface area contributed by atoms with Crippen molar-refractivity contribution in [2.75, 3.05) is 13.1 Å². The number of rotatable bonds is 6. The molecule has 8 rings (SSSR count). The number of aromatic amines is 2. The second kappa shape index (κ2) is 10.4. The van der Waals surface area contributed by atoms with Crippen LogP contribution in [0.3, 0.4) is 0 Å². The number of aryl methyl sites for hydroxylation is 2. The number of piperidine rings is 2. The third-order valence-corrected chi connectivity index (χ3v) is 10.9. The van der Waals surface area contributed by atoms with Gasteiger partial charge in [0.15, 0.2) is 5.82 Å². The van der Waals surface area contributed by atoms with E-state index in [2.05, 4.69) is 60.6 Å². The van der Waals surface area contributed by atoms with E-state index in [0.29, 0.717) is 42.2 Å². The number of fused-ring (bicyclic) bond motifs is 3. The molecule has 218 valence electrons. The molecule has 6 unspecified atom stereocenters. The first-order valence-electron chi connectivity index (χ1n) is 16.0. The van der Waals surface area contributed by atoms with Crippen LogP contribution in [0.5, 0.6) is 0 Å². The van der Waals surface area contributed by atoms with Gasteiger partial charge in [-0.25, -0.2) is 4.98 Å². The first kappa shape index (κ1) is 26.2. The molecule has 4 aromatic rings. The summed E-state index contributed by atoms with van der Waals surface area (Å²) >= 11 is 0. The molecule has 4 aliphatic rings. The standard InChI is InChI=1S/C33H40N8O/c1-3-20-15-26-27(37-33(20)42)16-22(18-35-26)31(29-6-4-5-23-11-13-40(23)29)30-10-8-24(28-12-14-41(28)30)21-7-9-25(34-17-21)32-36-19(2)38-39-32/h7,9,15-18,23-24,28-31H,3-6,8,10-14H2,1-2H3,(H,37,42)(H,36,38,39). The van der Waals surface area contributed by atoms with Gasteiger partial charge in [0.2, 0.25) is 0 Å². The van der Waals surface area contributed by atoms with Gasteiger partial charge in [-0.3, -0.25) is 29.7 Å². The Kier molecular flexibility index (Phi) is 6.48. The van der Waals surface area contributed by atoms with Gasteiger partial charge in [-0.15, -0.1) is 0 Å². The largest absolute Gasteiger partial charge is 0.320 e. The average molecular weight is 565 g/mol. The highest BCUT2D eigenvalue weighted by Crippen LogP contribution is 2.49. The fraction of sp³-hybridized carbons (Fsp3) is 0.545. The van der Waals surface area contributed by atoms with Crippen LogP contribution in [0.25, 0.3) is 22.6 Å². The van der Waals surface area contributed by atoms with Crippen molar-refractivity contribution < 1.29 is 0 Å². The Morgan fingerprint density at radius 2 is 1.86 bits per heavy atom. The summed E-state index contributed by atoms with van der Waals surface area (Å²) < 4.78 is 0. The van der Waals surface area contributed by atoms with Crippen molar-refractivity contribution in [2.24, 2.45) is 0 Å². The fourth-order valence-corrected chi connectivity index (χ4v) is 8.58. The zero-order valence-corrected chi connectivity index (χ0v) is 24.6. The van der Waals surface area contributed by atoms with Crippen molar-refractivity contribution in [3.63, 3.8) is 0 Å². The molecule has 0 radical (unpaired) electrons. The van der Waals surface area contributed by atoms with Crippen LogP contribution in [-0.4, -0.2) is 77.2 Å². The molecule has 4 aliphatic heterocycles. The van der Waals surface area contributed by atoms with Crippen LogP contribution in [0.15, 0.2) is 41.5 Å². The molecule has 0 saturated carbocycles. The van der Waals surface area contributed by atoms with Gasteiger partial charge in [0.05, 0.1) is 11.0 Å². The van der Waals surface area contributed by atoms with Crippen molar-refractivity contribution in [1.29, 1.82) is 0 Å². The third-order valence-electron chi connectivity index (χ3n) is 10.9. The molecule has 9 nitrogen and oxygen atoms in total. The predicted molar refractivity (Wildman–Crippen MR) is 162 cm³/mol. The molecule has 4 fully saturated rings. The maximum atomic E-state index is 12.7. The maximum Gasteiger partial charge on any atom is 0.251 e. The van der Waals surface area contributed by atoms with Gasteiger partial charge < -0.3 is 4.98 Å². The van der Waals surface area contributed by atoms with E-state index in [9.17, 15) is 4.79 Å². The van der Waals surface area contributed by atoms with E-state index in [1.165, 1.54) is 49.8 Å². The molecule has 0 bridgehead atoms. The Balaban J connectivity index is 1.11. The van der Waals surface area contributed by atoms with Gasteiger partial charge >= 0.3 is 0 Å². The second-order valence-electron chi connectivity index (χ2n) is 12.9. The zero-order valence-electron chi connectivity index (χ0n) is 24.6. The van der Waals surface area contributed by atoms with Gasteiger partial charge in [0.1, 0.15) is 11.5 Å². The zero-order chi connectivity index (χ0) is 28.4. The van der Waals surface area contributed by atoms with Crippen molar-refractivity contribution in [3.8, 4) is 11.5 Å². The number of H-pyrrole nitrogens is 2. The van der Waals surface area contributed by atoms with E-state index in [1.807, 2.05) is 19.9 Å². The molecule has 9 heteroatoms. The van der Waals surface area contributed by atoms with E-state index in [1.54, 1.807) is 0 Å². The van der Waals surface area contributed by atoms with Crippen LogP contribution in [0.1, 0.15) is 86.2 Å². The maximum absolute atomic E-state index is 12.7. The van der Waals surface area contributed by atoms with Gasteiger partial charge in [0, 0.05) is 67.0 Å². The minimum absolute atomic E-state index is 0.0159. The molecular weight excluding hydrogens is 524 g/mol. The normalized spacial score (nSPS) is 28.5. The fourth-order valence-electron chi connectivity index (χ4n) is 8.58. The molecule has 4 saturated heterocycles. The molecule has 0 aliphatic carbocycles. The number of hydrogen-bond acceptors (Lipinski definition) is 7. The average Bonchev–Trinajstić information content (AvgIpc) is 3.40. The van der Waals surface area contributed by atoms with Crippen LogP contribution >= 0.6 is 0 Å². The summed E-state index contributed by atoms with van der Waals surface area (Å²) in [6, 6.07) is 10.8. The van der Waals surface area contributed by atoms with E-state index in [0.717, 1.165) is 53.5 Å². The molecule has 0 amide bonds. The summed E-state index contributed by atoms with van der Waals surface area (Å²) in [5.41, 5.74) is 6.02. The van der Waals surface area contributed by atoms with Crippen LogP contribution in [0.2, 0.25) is 0 Å². The number of hydrogen-bond donors (Lipinski definition) is 2. The summed E-state index contributed by atoms with van der Waals surface area (Å²) in [6.45, 7) is 6.30. The lowest BCUT2D eigenvalue weighted by molar-refractivity contribution is -0.0658. The first-order valence-corrected chi connectivity index (χ1v) is 16.0. The van der Waals surface area contributed by atoms with Crippen molar-refractivity contribution in [1.82, 2.24) is 39.9 Å². The lowest BCUT2D eigenvalue weighted by Crippen LogP contribution is -2.65. The number of aromatic nitrogens is 6. The Labute approximate surface area is 246 Å². The molecule has 4 aromatic heterocycles.